The van der Waals surface area contributed by atoms with Crippen LogP contribution < -0.4 is 33.4 Å². The fourth-order valence-electron chi connectivity index (χ4n) is 2.04. The Morgan fingerprint density at radius 2 is 1.48 bits per heavy atom. The first-order valence-corrected chi connectivity index (χ1v) is 7.40. The smallest absolute Gasteiger partial charge is 0.204 e. The molecule has 0 radical (unpaired) electrons. The van der Waals surface area contributed by atoms with Gasteiger partial charge in [-0.15, -0.1) is 0 Å². The molecular formula is C20H23IN2. The molecule has 0 fully saturated rings. The number of hydrogen-bond donors (Lipinski definition) is 0. The highest BCUT2D eigenvalue weighted by atomic mass is 127. The monoisotopic (exact) mass is 418 g/mol. The van der Waals surface area contributed by atoms with E-state index in [1.165, 1.54) is 16.9 Å². The first kappa shape index (κ1) is 19.2. The maximum absolute atomic E-state index is 2.12. The predicted octanol–water partition coefficient (Wildman–Crippen LogP) is 0.864. The Labute approximate surface area is 156 Å². The highest BCUT2D eigenvalue weighted by Gasteiger charge is 1.96. The van der Waals surface area contributed by atoms with Crippen LogP contribution >= 0.6 is 0 Å². The molecule has 2 aromatic rings. The summed E-state index contributed by atoms with van der Waals surface area (Å²) in [5.74, 6) is 0. The summed E-state index contributed by atoms with van der Waals surface area (Å²) in [7, 11) is 6.14. The molecule has 1 heterocycles. The number of aryl methyl sites for hydroxylation is 1. The summed E-state index contributed by atoms with van der Waals surface area (Å²) in [4.78, 5) is 2.10. The van der Waals surface area contributed by atoms with Gasteiger partial charge >= 0.3 is 0 Å². The van der Waals surface area contributed by atoms with E-state index in [2.05, 4.69) is 64.1 Å². The van der Waals surface area contributed by atoms with Crippen molar-refractivity contribution in [2.75, 3.05) is 19.0 Å². The van der Waals surface area contributed by atoms with Gasteiger partial charge in [0.2, 0.25) is 5.69 Å². The Morgan fingerprint density at radius 3 is 2.09 bits per heavy atom. The summed E-state index contributed by atoms with van der Waals surface area (Å²) in [5, 5.41) is 0. The Hall–Kier alpha value is -1.88. The van der Waals surface area contributed by atoms with Crippen LogP contribution in [0.1, 0.15) is 11.3 Å². The van der Waals surface area contributed by atoms with Crippen LogP contribution in [-0.2, 0) is 7.05 Å². The van der Waals surface area contributed by atoms with Crippen molar-refractivity contribution in [2.24, 2.45) is 7.05 Å². The molecule has 0 amide bonds. The minimum Gasteiger partial charge on any atom is -1.00 e. The van der Waals surface area contributed by atoms with Crippen molar-refractivity contribution < 1.29 is 28.5 Å². The summed E-state index contributed by atoms with van der Waals surface area (Å²) in [5.41, 5.74) is 3.59. The van der Waals surface area contributed by atoms with Gasteiger partial charge in [-0.3, -0.25) is 0 Å². The van der Waals surface area contributed by atoms with Crippen molar-refractivity contribution >= 4 is 17.8 Å². The van der Waals surface area contributed by atoms with Gasteiger partial charge < -0.3 is 28.9 Å². The van der Waals surface area contributed by atoms with Crippen molar-refractivity contribution in [3.05, 3.63) is 84.2 Å². The van der Waals surface area contributed by atoms with E-state index in [4.69, 9.17) is 0 Å². The van der Waals surface area contributed by atoms with Gasteiger partial charge in [-0.1, -0.05) is 42.5 Å². The molecule has 0 saturated carbocycles. The Bertz CT molecular complexity index is 683. The summed E-state index contributed by atoms with van der Waals surface area (Å²) in [6.07, 6.45) is 14.4. The number of hydrogen-bond acceptors (Lipinski definition) is 1. The zero-order valence-electron chi connectivity index (χ0n) is 13.9. The zero-order chi connectivity index (χ0) is 15.8. The lowest BCUT2D eigenvalue weighted by Gasteiger charge is -2.11. The van der Waals surface area contributed by atoms with E-state index in [-0.39, 0.29) is 24.0 Å². The summed E-state index contributed by atoms with van der Waals surface area (Å²) in [6.45, 7) is 0. The second-order valence-corrected chi connectivity index (χ2v) is 5.33. The van der Waals surface area contributed by atoms with Crippen LogP contribution in [0.25, 0.3) is 12.2 Å². The van der Waals surface area contributed by atoms with Crippen molar-refractivity contribution in [1.82, 2.24) is 0 Å². The van der Waals surface area contributed by atoms with Gasteiger partial charge in [0.15, 0.2) is 6.20 Å². The molecule has 0 saturated heterocycles. The molecule has 0 aliphatic carbocycles. The van der Waals surface area contributed by atoms with Gasteiger partial charge in [0.1, 0.15) is 7.05 Å². The van der Waals surface area contributed by atoms with Gasteiger partial charge in [0.05, 0.1) is 0 Å². The molecule has 0 atom stereocenters. The summed E-state index contributed by atoms with van der Waals surface area (Å²) in [6, 6.07) is 14.7. The number of aromatic nitrogens is 1. The molecule has 23 heavy (non-hydrogen) atoms. The lowest BCUT2D eigenvalue weighted by molar-refractivity contribution is -0.673. The molecule has 120 valence electrons. The van der Waals surface area contributed by atoms with Crippen LogP contribution in [0.15, 0.2) is 73.0 Å². The molecule has 2 rings (SSSR count). The van der Waals surface area contributed by atoms with E-state index in [9.17, 15) is 0 Å². The van der Waals surface area contributed by atoms with Crippen molar-refractivity contribution in [3.8, 4) is 0 Å². The molecule has 0 N–H and O–H groups in total. The zero-order valence-corrected chi connectivity index (χ0v) is 16.0. The van der Waals surface area contributed by atoms with Crippen molar-refractivity contribution in [2.45, 2.75) is 0 Å². The number of nitrogens with zero attached hydrogens (tertiary/aromatic N) is 2. The number of anilines is 1. The van der Waals surface area contributed by atoms with E-state index in [1.807, 2.05) is 51.6 Å². The van der Waals surface area contributed by atoms with Gasteiger partial charge in [-0.2, -0.15) is 0 Å². The normalized spacial score (nSPS) is 11.3. The molecule has 1 aromatic heterocycles. The minimum atomic E-state index is 0. The molecule has 3 heteroatoms. The molecular weight excluding hydrogens is 395 g/mol. The van der Waals surface area contributed by atoms with Crippen LogP contribution in [0.4, 0.5) is 5.69 Å². The van der Waals surface area contributed by atoms with E-state index in [1.54, 1.807) is 0 Å². The minimum absolute atomic E-state index is 0. The summed E-state index contributed by atoms with van der Waals surface area (Å²) >= 11 is 0. The van der Waals surface area contributed by atoms with Crippen molar-refractivity contribution in [1.29, 1.82) is 0 Å². The van der Waals surface area contributed by atoms with Gasteiger partial charge in [0.25, 0.3) is 0 Å². The Kier molecular flexibility index (Phi) is 8.33. The second kappa shape index (κ2) is 10.0. The first-order chi connectivity index (χ1) is 10.7. The first-order valence-electron chi connectivity index (χ1n) is 7.40. The largest absolute Gasteiger partial charge is 1.00 e. The van der Waals surface area contributed by atoms with E-state index in [0.29, 0.717) is 0 Å². The maximum atomic E-state index is 2.12. The molecule has 2 nitrogen and oxygen atoms in total. The maximum Gasteiger partial charge on any atom is 0.204 e. The Morgan fingerprint density at radius 1 is 0.826 bits per heavy atom. The average molecular weight is 418 g/mol. The van der Waals surface area contributed by atoms with Gasteiger partial charge in [-0.05, 0) is 23.8 Å². The van der Waals surface area contributed by atoms with E-state index < -0.39 is 0 Å². The molecule has 0 bridgehead atoms. The quantitative estimate of drug-likeness (QED) is 0.397. The number of allylic oxidation sites excluding steroid dienone is 4. The Balaban J connectivity index is 0.00000264. The lowest BCUT2D eigenvalue weighted by Crippen LogP contribution is -3.00. The predicted molar refractivity (Wildman–Crippen MR) is 95.6 cm³/mol. The van der Waals surface area contributed by atoms with Gasteiger partial charge in [-0.25, -0.2) is 4.57 Å². The average Bonchev–Trinajstić information content (AvgIpc) is 2.53. The molecule has 0 spiro atoms. The van der Waals surface area contributed by atoms with Crippen molar-refractivity contribution in [3.63, 3.8) is 0 Å². The number of rotatable bonds is 5. The second-order valence-electron chi connectivity index (χ2n) is 5.33. The highest BCUT2D eigenvalue weighted by molar-refractivity contribution is 5.56. The summed E-state index contributed by atoms with van der Waals surface area (Å²) < 4.78 is 2.09. The molecule has 1 aromatic carbocycles. The third-order valence-electron chi connectivity index (χ3n) is 3.39. The topological polar surface area (TPSA) is 7.12 Å². The molecule has 0 aliphatic rings. The number of halogens is 1. The van der Waals surface area contributed by atoms with Crippen LogP contribution in [0.2, 0.25) is 0 Å². The number of benzene rings is 1. The molecule has 0 unspecified atom stereocenters. The third kappa shape index (κ3) is 6.40. The number of pyridine rings is 1. The van der Waals surface area contributed by atoms with Gasteiger partial charge in [0, 0.05) is 38.0 Å². The van der Waals surface area contributed by atoms with Crippen LogP contribution in [0, 0.1) is 0 Å². The van der Waals surface area contributed by atoms with Crippen LogP contribution in [0.3, 0.4) is 0 Å². The third-order valence-corrected chi connectivity index (χ3v) is 3.39. The standard InChI is InChI=1S/C20H23N2.HI/c1-21(2)19-15-13-18(14-16-19)10-6-4-5-7-11-20-12-8-9-17-22(20)3;/h4-17H,1-3H3;1H/q+1;/p-1. The van der Waals surface area contributed by atoms with E-state index >= 15 is 0 Å². The fourth-order valence-corrected chi connectivity index (χ4v) is 2.04. The SMILES string of the molecule is CN(C)c1ccc(/C=C/C=C/C=C/c2cccc[n+]2C)cc1.[I-]. The fraction of sp³-hybridized carbons (Fsp3) is 0.150. The van der Waals surface area contributed by atoms with Crippen LogP contribution in [-0.4, -0.2) is 14.1 Å². The molecule has 0 aliphatic heterocycles. The van der Waals surface area contributed by atoms with E-state index in [0.717, 1.165) is 0 Å². The lowest BCUT2D eigenvalue weighted by atomic mass is 10.2. The highest BCUT2D eigenvalue weighted by Crippen LogP contribution is 2.13. The van der Waals surface area contributed by atoms with Crippen LogP contribution in [0.5, 0.6) is 0 Å².